The Labute approximate surface area is 106 Å². The number of hydrogen-bond donors (Lipinski definition) is 0. The third-order valence-corrected chi connectivity index (χ3v) is 2.95. The summed E-state index contributed by atoms with van der Waals surface area (Å²) in [7, 11) is 0. The van der Waals surface area contributed by atoms with Crippen LogP contribution in [0.25, 0.3) is 0 Å². The quantitative estimate of drug-likeness (QED) is 0.778. The minimum absolute atomic E-state index is 0.102. The molecule has 0 aliphatic carbocycles. The van der Waals surface area contributed by atoms with Crippen molar-refractivity contribution in [1.29, 1.82) is 0 Å². The van der Waals surface area contributed by atoms with Crippen molar-refractivity contribution < 1.29 is 0 Å². The summed E-state index contributed by atoms with van der Waals surface area (Å²) in [6, 6.07) is 2.16. The lowest BCUT2D eigenvalue weighted by Gasteiger charge is -2.32. The van der Waals surface area contributed by atoms with Crippen LogP contribution < -0.4 is 0 Å². The first-order valence-electron chi connectivity index (χ1n) is 6.44. The van der Waals surface area contributed by atoms with Gasteiger partial charge in [0.05, 0.1) is 0 Å². The Morgan fingerprint density at radius 1 is 1.06 bits per heavy atom. The summed E-state index contributed by atoms with van der Waals surface area (Å²) in [5.74, 6) is 0.460. The second-order valence-electron chi connectivity index (χ2n) is 7.10. The molecule has 2 heteroatoms. The summed E-state index contributed by atoms with van der Waals surface area (Å²) >= 11 is 0. The van der Waals surface area contributed by atoms with E-state index in [9.17, 15) is 0 Å². The third kappa shape index (κ3) is 4.10. The van der Waals surface area contributed by atoms with Crippen LogP contribution in [0.3, 0.4) is 0 Å². The summed E-state index contributed by atoms with van der Waals surface area (Å²) < 4.78 is 0. The number of rotatable bonds is 3. The highest BCUT2D eigenvalue weighted by Gasteiger charge is 2.28. The first-order valence-corrected chi connectivity index (χ1v) is 6.44. The van der Waals surface area contributed by atoms with Gasteiger partial charge < -0.3 is 0 Å². The van der Waals surface area contributed by atoms with Crippen molar-refractivity contribution in [2.45, 2.75) is 66.2 Å². The lowest BCUT2D eigenvalue weighted by molar-refractivity contribution is 0.279. The fourth-order valence-corrected chi connectivity index (χ4v) is 2.47. The SMILES string of the molecule is CC(C)c1cc(C(C)(C)CC(C)(C)C)ncn1. The second kappa shape index (κ2) is 4.75. The molecule has 0 unspecified atom stereocenters. The minimum Gasteiger partial charge on any atom is -0.241 e. The Kier molecular flexibility index (Phi) is 3.95. The molecule has 0 atom stereocenters. The molecular weight excluding hydrogens is 208 g/mol. The highest BCUT2D eigenvalue weighted by Crippen LogP contribution is 2.35. The Morgan fingerprint density at radius 3 is 2.12 bits per heavy atom. The number of nitrogens with zero attached hydrogens (tertiary/aromatic N) is 2. The van der Waals surface area contributed by atoms with E-state index in [1.165, 1.54) is 0 Å². The van der Waals surface area contributed by atoms with Crippen molar-refractivity contribution in [3.05, 3.63) is 23.8 Å². The molecule has 2 nitrogen and oxygen atoms in total. The zero-order valence-electron chi connectivity index (χ0n) is 12.3. The van der Waals surface area contributed by atoms with Crippen molar-refractivity contribution in [3.8, 4) is 0 Å². The monoisotopic (exact) mass is 234 g/mol. The molecule has 96 valence electrons. The van der Waals surface area contributed by atoms with Gasteiger partial charge in [-0.2, -0.15) is 0 Å². The first kappa shape index (κ1) is 14.1. The molecule has 1 aromatic rings. The van der Waals surface area contributed by atoms with Gasteiger partial charge in [-0.3, -0.25) is 0 Å². The van der Waals surface area contributed by atoms with Crippen LogP contribution in [0.15, 0.2) is 12.4 Å². The summed E-state index contributed by atoms with van der Waals surface area (Å²) in [6.07, 6.45) is 2.82. The molecule has 0 radical (unpaired) electrons. The topological polar surface area (TPSA) is 25.8 Å². The Hall–Kier alpha value is -0.920. The van der Waals surface area contributed by atoms with Crippen LogP contribution in [0.1, 0.15) is 72.2 Å². The van der Waals surface area contributed by atoms with Gasteiger partial charge in [-0.15, -0.1) is 0 Å². The van der Waals surface area contributed by atoms with Gasteiger partial charge in [0.2, 0.25) is 0 Å². The van der Waals surface area contributed by atoms with E-state index in [1.54, 1.807) is 6.33 Å². The molecular formula is C15H26N2. The molecule has 17 heavy (non-hydrogen) atoms. The molecule has 0 bridgehead atoms. The van der Waals surface area contributed by atoms with Gasteiger partial charge >= 0.3 is 0 Å². The molecule has 1 heterocycles. The van der Waals surface area contributed by atoms with E-state index in [0.717, 1.165) is 17.8 Å². The zero-order chi connectivity index (χ0) is 13.3. The van der Waals surface area contributed by atoms with E-state index in [0.29, 0.717) is 11.3 Å². The van der Waals surface area contributed by atoms with Gasteiger partial charge in [0.25, 0.3) is 0 Å². The Balaban J connectivity index is 3.02. The fraction of sp³-hybridized carbons (Fsp3) is 0.733. The minimum atomic E-state index is 0.102. The molecule has 0 aliphatic rings. The highest BCUT2D eigenvalue weighted by atomic mass is 14.8. The number of aromatic nitrogens is 2. The van der Waals surface area contributed by atoms with Gasteiger partial charge in [0.15, 0.2) is 0 Å². The third-order valence-electron chi connectivity index (χ3n) is 2.95. The summed E-state index contributed by atoms with van der Waals surface area (Å²) in [5, 5.41) is 0. The van der Waals surface area contributed by atoms with Crippen molar-refractivity contribution >= 4 is 0 Å². The molecule has 1 rings (SSSR count). The van der Waals surface area contributed by atoms with Gasteiger partial charge in [-0.05, 0) is 23.8 Å². The van der Waals surface area contributed by atoms with Gasteiger partial charge in [-0.25, -0.2) is 9.97 Å². The van der Waals surface area contributed by atoms with Crippen LogP contribution in [0.2, 0.25) is 0 Å². The van der Waals surface area contributed by atoms with Crippen LogP contribution >= 0.6 is 0 Å². The molecule has 0 saturated heterocycles. The molecule has 0 amide bonds. The van der Waals surface area contributed by atoms with E-state index < -0.39 is 0 Å². The van der Waals surface area contributed by atoms with Crippen LogP contribution in [0.5, 0.6) is 0 Å². The molecule has 0 aliphatic heterocycles. The van der Waals surface area contributed by atoms with Crippen molar-refractivity contribution in [2.24, 2.45) is 5.41 Å². The van der Waals surface area contributed by atoms with Crippen LogP contribution in [0.4, 0.5) is 0 Å². The Bertz CT molecular complexity index is 373. The largest absolute Gasteiger partial charge is 0.241 e. The summed E-state index contributed by atoms with van der Waals surface area (Å²) in [4.78, 5) is 8.80. The molecule has 0 N–H and O–H groups in total. The molecule has 0 fully saturated rings. The molecule has 0 aromatic carbocycles. The Morgan fingerprint density at radius 2 is 1.65 bits per heavy atom. The predicted octanol–water partition coefficient (Wildman–Crippen LogP) is 4.31. The summed E-state index contributed by atoms with van der Waals surface area (Å²) in [6.45, 7) is 15.7. The van der Waals surface area contributed by atoms with E-state index >= 15 is 0 Å². The van der Waals surface area contributed by atoms with Crippen molar-refractivity contribution in [1.82, 2.24) is 9.97 Å². The second-order valence-corrected chi connectivity index (χ2v) is 7.10. The van der Waals surface area contributed by atoms with Crippen LogP contribution in [-0.4, -0.2) is 9.97 Å². The van der Waals surface area contributed by atoms with Gasteiger partial charge in [-0.1, -0.05) is 48.5 Å². The maximum absolute atomic E-state index is 4.47. The standard InChI is InChI=1S/C15H26N2/c1-11(2)12-8-13(17-10-16-12)15(6,7)9-14(3,4)5/h8,10-11H,9H2,1-7H3. The van der Waals surface area contributed by atoms with Crippen molar-refractivity contribution in [2.75, 3.05) is 0 Å². The van der Waals surface area contributed by atoms with E-state index in [2.05, 4.69) is 64.5 Å². The molecule has 0 saturated carbocycles. The zero-order valence-corrected chi connectivity index (χ0v) is 12.3. The maximum Gasteiger partial charge on any atom is 0.115 e. The van der Waals surface area contributed by atoms with E-state index in [1.807, 2.05) is 0 Å². The number of hydrogen-bond acceptors (Lipinski definition) is 2. The first-order chi connectivity index (χ1) is 7.62. The normalized spacial score (nSPS) is 13.2. The average molecular weight is 234 g/mol. The van der Waals surface area contributed by atoms with Gasteiger partial charge in [0.1, 0.15) is 6.33 Å². The van der Waals surface area contributed by atoms with Crippen LogP contribution in [-0.2, 0) is 5.41 Å². The van der Waals surface area contributed by atoms with Crippen LogP contribution in [0, 0.1) is 5.41 Å². The maximum atomic E-state index is 4.47. The lowest BCUT2D eigenvalue weighted by Crippen LogP contribution is -2.26. The molecule has 0 spiro atoms. The van der Waals surface area contributed by atoms with Crippen molar-refractivity contribution in [3.63, 3.8) is 0 Å². The lowest BCUT2D eigenvalue weighted by atomic mass is 9.74. The van der Waals surface area contributed by atoms with E-state index in [-0.39, 0.29) is 5.41 Å². The highest BCUT2D eigenvalue weighted by molar-refractivity contribution is 5.19. The summed E-state index contributed by atoms with van der Waals surface area (Å²) in [5.41, 5.74) is 2.71. The fourth-order valence-electron chi connectivity index (χ4n) is 2.47. The molecule has 1 aromatic heterocycles. The average Bonchev–Trinajstić information content (AvgIpc) is 2.14. The predicted molar refractivity (Wildman–Crippen MR) is 73.2 cm³/mol. The van der Waals surface area contributed by atoms with Gasteiger partial charge in [0, 0.05) is 16.8 Å². The van der Waals surface area contributed by atoms with E-state index in [4.69, 9.17) is 0 Å². The smallest absolute Gasteiger partial charge is 0.115 e.